The standard InChI is InChI=1S/C24H21N5O.C2H6.2H2/c1-30-21-9-5-8-19(10-21)28-20-11-22-23(14-26-24(22)25-13-20)18-12-27-29(16-18)15-17-6-3-2-4-7-17;1-2;;/h2-14,16,28H,15H2,1H3,(H,25,26);1-2H3;2*1H. The number of anilines is 2. The van der Waals surface area contributed by atoms with Crippen molar-refractivity contribution in [3.63, 3.8) is 0 Å². The zero-order valence-corrected chi connectivity index (χ0v) is 18.5. The smallest absolute Gasteiger partial charge is 0.138 e. The molecule has 0 aliphatic heterocycles. The van der Waals surface area contributed by atoms with Crippen LogP contribution in [0, 0.1) is 0 Å². The number of benzene rings is 2. The van der Waals surface area contributed by atoms with E-state index < -0.39 is 0 Å². The lowest BCUT2D eigenvalue weighted by molar-refractivity contribution is 0.415. The number of pyridine rings is 1. The van der Waals surface area contributed by atoms with Gasteiger partial charge in [-0.3, -0.25) is 4.68 Å². The number of hydrogen-bond acceptors (Lipinski definition) is 4. The first-order chi connectivity index (χ1) is 15.8. The molecule has 0 saturated carbocycles. The highest BCUT2D eigenvalue weighted by molar-refractivity contribution is 5.95. The van der Waals surface area contributed by atoms with Crippen molar-refractivity contribution in [3.05, 3.63) is 91.0 Å². The SMILES string of the molecule is CC.COc1cccc(Nc2cnc3[nH]cc(-c4cnn(Cc5ccccc5)c4)c3c2)c1.[HH].[HH]. The molecule has 32 heavy (non-hydrogen) atoms. The Morgan fingerprint density at radius 3 is 2.66 bits per heavy atom. The Morgan fingerprint density at radius 2 is 1.84 bits per heavy atom. The summed E-state index contributed by atoms with van der Waals surface area (Å²) in [5.41, 5.74) is 6.05. The van der Waals surface area contributed by atoms with Crippen molar-refractivity contribution in [1.82, 2.24) is 19.7 Å². The molecule has 2 aromatic carbocycles. The molecule has 0 atom stereocenters. The summed E-state index contributed by atoms with van der Waals surface area (Å²) in [6.07, 6.45) is 7.77. The fourth-order valence-corrected chi connectivity index (χ4v) is 3.54. The molecule has 0 amide bonds. The van der Waals surface area contributed by atoms with Gasteiger partial charge in [0.1, 0.15) is 11.4 Å². The van der Waals surface area contributed by atoms with E-state index in [0.29, 0.717) is 0 Å². The Kier molecular flexibility index (Phi) is 6.51. The first-order valence-electron chi connectivity index (χ1n) is 10.7. The Balaban J connectivity index is 0.000000995. The third kappa shape index (κ3) is 4.64. The molecule has 5 aromatic rings. The van der Waals surface area contributed by atoms with Crippen LogP contribution in [0.2, 0.25) is 0 Å². The minimum atomic E-state index is 0. The van der Waals surface area contributed by atoms with E-state index in [-0.39, 0.29) is 2.85 Å². The summed E-state index contributed by atoms with van der Waals surface area (Å²) in [4.78, 5) is 7.82. The van der Waals surface area contributed by atoms with Gasteiger partial charge < -0.3 is 15.0 Å². The molecule has 0 aliphatic rings. The van der Waals surface area contributed by atoms with Crippen LogP contribution in [0.1, 0.15) is 22.3 Å². The number of hydrogen-bond donors (Lipinski definition) is 2. The maximum Gasteiger partial charge on any atom is 0.138 e. The molecular formula is C26H31N5O. The topological polar surface area (TPSA) is 67.8 Å². The van der Waals surface area contributed by atoms with Crippen molar-refractivity contribution in [1.29, 1.82) is 0 Å². The molecule has 0 fully saturated rings. The van der Waals surface area contributed by atoms with Gasteiger partial charge in [-0.25, -0.2) is 4.98 Å². The predicted octanol–water partition coefficient (Wildman–Crippen LogP) is 6.75. The second-order valence-electron chi connectivity index (χ2n) is 7.09. The highest BCUT2D eigenvalue weighted by atomic mass is 16.5. The largest absolute Gasteiger partial charge is 0.497 e. The van der Waals surface area contributed by atoms with E-state index in [1.807, 2.05) is 79.6 Å². The molecular weight excluding hydrogens is 398 g/mol. The number of rotatable bonds is 6. The fraction of sp³-hybridized carbons (Fsp3) is 0.154. The first kappa shape index (κ1) is 21.2. The first-order valence-corrected chi connectivity index (χ1v) is 10.7. The van der Waals surface area contributed by atoms with Crippen LogP contribution in [0.3, 0.4) is 0 Å². The predicted molar refractivity (Wildman–Crippen MR) is 135 cm³/mol. The van der Waals surface area contributed by atoms with Crippen LogP contribution < -0.4 is 10.1 Å². The van der Waals surface area contributed by atoms with E-state index in [9.17, 15) is 0 Å². The van der Waals surface area contributed by atoms with Crippen molar-refractivity contribution >= 4 is 22.4 Å². The lowest BCUT2D eigenvalue weighted by atomic mass is 10.1. The lowest BCUT2D eigenvalue weighted by Gasteiger charge is -2.08. The second kappa shape index (κ2) is 9.83. The maximum absolute atomic E-state index is 5.30. The number of fused-ring (bicyclic) bond motifs is 1. The summed E-state index contributed by atoms with van der Waals surface area (Å²) in [6.45, 7) is 4.74. The van der Waals surface area contributed by atoms with Gasteiger partial charge in [-0.05, 0) is 23.8 Å². The monoisotopic (exact) mass is 429 g/mol. The number of nitrogens with one attached hydrogen (secondary N) is 2. The molecule has 166 valence electrons. The van der Waals surface area contributed by atoms with E-state index >= 15 is 0 Å². The highest BCUT2D eigenvalue weighted by Crippen LogP contribution is 2.30. The fourth-order valence-electron chi connectivity index (χ4n) is 3.54. The van der Waals surface area contributed by atoms with Crippen LogP contribution in [0.4, 0.5) is 11.4 Å². The third-order valence-electron chi connectivity index (χ3n) is 5.02. The third-order valence-corrected chi connectivity index (χ3v) is 5.02. The van der Waals surface area contributed by atoms with Gasteiger partial charge in [-0.15, -0.1) is 0 Å². The van der Waals surface area contributed by atoms with Gasteiger partial charge >= 0.3 is 0 Å². The van der Waals surface area contributed by atoms with Crippen LogP contribution in [0.5, 0.6) is 5.75 Å². The zero-order valence-electron chi connectivity index (χ0n) is 18.5. The average molecular weight is 430 g/mol. The Labute approximate surface area is 190 Å². The van der Waals surface area contributed by atoms with E-state index in [0.717, 1.165) is 45.8 Å². The zero-order chi connectivity index (χ0) is 22.3. The molecule has 0 unspecified atom stereocenters. The van der Waals surface area contributed by atoms with Crippen LogP contribution in [-0.4, -0.2) is 26.9 Å². The van der Waals surface area contributed by atoms with E-state index in [2.05, 4.69) is 44.8 Å². The minimum absolute atomic E-state index is 0. The maximum atomic E-state index is 5.30. The van der Waals surface area contributed by atoms with Gasteiger partial charge in [0.2, 0.25) is 0 Å². The van der Waals surface area contributed by atoms with Gasteiger partial charge in [0.25, 0.3) is 0 Å². The van der Waals surface area contributed by atoms with Gasteiger partial charge in [0.05, 0.1) is 31.7 Å². The molecule has 0 spiro atoms. The number of methoxy groups -OCH3 is 1. The minimum Gasteiger partial charge on any atom is -0.497 e. The Bertz CT molecular complexity index is 1300. The van der Waals surface area contributed by atoms with E-state index in [1.165, 1.54) is 5.56 Å². The molecule has 5 rings (SSSR count). The summed E-state index contributed by atoms with van der Waals surface area (Å²) in [6, 6.07) is 20.2. The summed E-state index contributed by atoms with van der Waals surface area (Å²) < 4.78 is 7.26. The number of H-pyrrole nitrogens is 1. The van der Waals surface area contributed by atoms with Crippen LogP contribution in [0.25, 0.3) is 22.2 Å². The van der Waals surface area contributed by atoms with Crippen molar-refractivity contribution in [3.8, 4) is 16.9 Å². The van der Waals surface area contributed by atoms with E-state index in [1.54, 1.807) is 7.11 Å². The molecule has 0 saturated heterocycles. The van der Waals surface area contributed by atoms with Crippen molar-refractivity contribution in [2.24, 2.45) is 0 Å². The Morgan fingerprint density at radius 1 is 1.00 bits per heavy atom. The number of ether oxygens (including phenoxy) is 1. The quantitative estimate of drug-likeness (QED) is 0.313. The van der Waals surface area contributed by atoms with Gasteiger partial charge in [0.15, 0.2) is 0 Å². The number of nitrogens with zero attached hydrogens (tertiary/aromatic N) is 3. The van der Waals surface area contributed by atoms with Gasteiger partial charge in [0, 0.05) is 43.5 Å². The molecule has 2 N–H and O–H groups in total. The molecule has 6 heteroatoms. The molecule has 0 bridgehead atoms. The normalized spacial score (nSPS) is 10.5. The Hall–Kier alpha value is -4.06. The molecule has 0 radical (unpaired) electrons. The average Bonchev–Trinajstić information content (AvgIpc) is 3.48. The molecule has 0 aliphatic carbocycles. The lowest BCUT2D eigenvalue weighted by Crippen LogP contribution is -1.99. The summed E-state index contributed by atoms with van der Waals surface area (Å²) in [5, 5.41) is 8.98. The van der Waals surface area contributed by atoms with Crippen molar-refractivity contribution in [2.75, 3.05) is 12.4 Å². The number of aromatic amines is 1. The van der Waals surface area contributed by atoms with Gasteiger partial charge in [-0.2, -0.15) is 5.10 Å². The van der Waals surface area contributed by atoms with Crippen molar-refractivity contribution in [2.45, 2.75) is 20.4 Å². The molecule has 3 aromatic heterocycles. The van der Waals surface area contributed by atoms with E-state index in [4.69, 9.17) is 4.74 Å². The van der Waals surface area contributed by atoms with Crippen molar-refractivity contribution < 1.29 is 7.59 Å². The summed E-state index contributed by atoms with van der Waals surface area (Å²) >= 11 is 0. The number of aromatic nitrogens is 4. The van der Waals surface area contributed by atoms with Crippen LogP contribution in [0.15, 0.2) is 85.5 Å². The molecule has 3 heterocycles. The second-order valence-corrected chi connectivity index (χ2v) is 7.09. The highest BCUT2D eigenvalue weighted by Gasteiger charge is 2.11. The summed E-state index contributed by atoms with van der Waals surface area (Å²) in [5.74, 6) is 0.808. The summed E-state index contributed by atoms with van der Waals surface area (Å²) in [7, 11) is 1.66. The van der Waals surface area contributed by atoms with Gasteiger partial charge in [-0.1, -0.05) is 50.2 Å². The van der Waals surface area contributed by atoms with Crippen LogP contribution >= 0.6 is 0 Å². The molecule has 6 nitrogen and oxygen atoms in total. The van der Waals surface area contributed by atoms with Crippen LogP contribution in [-0.2, 0) is 6.54 Å².